The minimum Gasteiger partial charge on any atom is -0.748 e. The topological polar surface area (TPSA) is 83.5 Å². The third-order valence-corrected chi connectivity index (χ3v) is 13.0. The van der Waals surface area contributed by atoms with Crippen LogP contribution in [-0.4, -0.2) is 31.1 Å². The van der Waals surface area contributed by atoms with Crippen LogP contribution in [0.25, 0.3) is 0 Å². The molecule has 0 radical (unpaired) electrons. The van der Waals surface area contributed by atoms with Crippen LogP contribution in [-0.2, 0) is 25.8 Å². The summed E-state index contributed by atoms with van der Waals surface area (Å²) in [6, 6.07) is 26.6. The predicted molar refractivity (Wildman–Crippen MR) is 183 cm³/mol. The number of benzene rings is 3. The normalized spacial score (nSPS) is 20.2. The van der Waals surface area contributed by atoms with Gasteiger partial charge in [0.15, 0.2) is 14.7 Å². The van der Waals surface area contributed by atoms with Crippen molar-refractivity contribution in [3.63, 3.8) is 0 Å². The molecular formula is C38H50O5S2. The minimum absolute atomic E-state index is 0.0248. The van der Waals surface area contributed by atoms with Gasteiger partial charge >= 0.3 is 0 Å². The Bertz CT molecular complexity index is 1450. The van der Waals surface area contributed by atoms with Gasteiger partial charge < -0.3 is 9.29 Å². The Morgan fingerprint density at radius 2 is 1.29 bits per heavy atom. The molecule has 45 heavy (non-hydrogen) atoms. The molecule has 5 rings (SSSR count). The number of aryl methyl sites for hydroxylation is 2. The first kappa shape index (κ1) is 35.2. The van der Waals surface area contributed by atoms with Gasteiger partial charge in [-0.15, -0.1) is 0 Å². The van der Waals surface area contributed by atoms with E-state index in [1.807, 2.05) is 13.8 Å². The average molecular weight is 651 g/mol. The highest BCUT2D eigenvalue weighted by Crippen LogP contribution is 2.64. The summed E-state index contributed by atoms with van der Waals surface area (Å²) >= 11 is 0. The first-order chi connectivity index (χ1) is 21.4. The van der Waals surface area contributed by atoms with Crippen LogP contribution in [0, 0.1) is 30.6 Å². The average Bonchev–Trinajstić information content (AvgIpc) is 3.33. The van der Waals surface area contributed by atoms with Crippen LogP contribution >= 0.6 is 0 Å². The third kappa shape index (κ3) is 8.81. The zero-order valence-electron chi connectivity index (χ0n) is 27.6. The summed E-state index contributed by atoms with van der Waals surface area (Å²) in [4.78, 5) is 15.9. The van der Waals surface area contributed by atoms with Crippen molar-refractivity contribution in [3.05, 3.63) is 83.9 Å². The fraction of sp³-hybridized carbons (Fsp3) is 0.500. The first-order valence-electron chi connectivity index (χ1n) is 16.4. The Morgan fingerprint density at radius 3 is 1.73 bits per heavy atom. The van der Waals surface area contributed by atoms with Crippen LogP contribution < -0.4 is 4.74 Å². The highest BCUT2D eigenvalue weighted by Gasteiger charge is 2.64. The number of ketones is 1. The molecule has 3 aromatic rings. The maximum absolute atomic E-state index is 11.8. The lowest BCUT2D eigenvalue weighted by molar-refractivity contribution is -0.128. The number of ether oxygens (including phenoxy) is 1. The van der Waals surface area contributed by atoms with E-state index < -0.39 is 21.3 Å². The quantitative estimate of drug-likeness (QED) is 0.105. The summed E-state index contributed by atoms with van der Waals surface area (Å²) < 4.78 is 38.7. The van der Waals surface area contributed by atoms with Gasteiger partial charge in [-0.3, -0.25) is 4.79 Å². The molecule has 0 heterocycles. The molecule has 2 atom stereocenters. The van der Waals surface area contributed by atoms with Gasteiger partial charge in [0.25, 0.3) is 0 Å². The summed E-state index contributed by atoms with van der Waals surface area (Å²) in [7, 11) is -4.43. The number of rotatable bonds is 13. The predicted octanol–water partition coefficient (Wildman–Crippen LogP) is 9.07. The van der Waals surface area contributed by atoms with E-state index in [2.05, 4.69) is 93.6 Å². The number of hydrogen-bond donors (Lipinski definition) is 0. The molecule has 2 aliphatic rings. The molecule has 3 aromatic carbocycles. The van der Waals surface area contributed by atoms with E-state index in [1.54, 1.807) is 0 Å². The van der Waals surface area contributed by atoms with Crippen molar-refractivity contribution in [1.29, 1.82) is 0 Å². The fourth-order valence-electron chi connectivity index (χ4n) is 6.91. The molecule has 0 saturated heterocycles. The lowest BCUT2D eigenvalue weighted by Gasteiger charge is -2.37. The van der Waals surface area contributed by atoms with E-state index in [-0.39, 0.29) is 28.0 Å². The van der Waals surface area contributed by atoms with Crippen molar-refractivity contribution in [2.24, 2.45) is 16.7 Å². The molecule has 0 aliphatic heterocycles. The van der Waals surface area contributed by atoms with E-state index in [9.17, 15) is 17.8 Å². The highest BCUT2D eigenvalue weighted by atomic mass is 32.2. The number of carbonyl (C=O) groups is 1. The van der Waals surface area contributed by atoms with Crippen molar-refractivity contribution in [3.8, 4) is 5.75 Å². The van der Waals surface area contributed by atoms with Crippen LogP contribution in [0.5, 0.6) is 5.75 Å². The molecule has 2 bridgehead atoms. The molecule has 244 valence electrons. The Hall–Kier alpha value is -2.61. The Balaban J connectivity index is 0.000000256. The zero-order valence-corrected chi connectivity index (χ0v) is 29.3. The van der Waals surface area contributed by atoms with Gasteiger partial charge in [-0.2, -0.15) is 0 Å². The molecule has 0 aromatic heterocycles. The molecule has 2 saturated carbocycles. The third-order valence-electron chi connectivity index (χ3n) is 9.90. The molecule has 7 heteroatoms. The highest BCUT2D eigenvalue weighted by molar-refractivity contribution is 7.97. The monoisotopic (exact) mass is 650 g/mol. The van der Waals surface area contributed by atoms with Crippen molar-refractivity contribution in [2.75, 3.05) is 12.4 Å². The lowest BCUT2D eigenvalue weighted by atomic mass is 9.70. The number of carbonyl (C=O) groups excluding carboxylic acids is 1. The summed E-state index contributed by atoms with van der Waals surface area (Å²) in [5.41, 5.74) is 1.37. The number of hydrogen-bond acceptors (Lipinski definition) is 5. The van der Waals surface area contributed by atoms with Crippen molar-refractivity contribution >= 4 is 26.8 Å². The summed E-state index contributed by atoms with van der Waals surface area (Å²) in [5, 5.41) is 0. The lowest BCUT2D eigenvalue weighted by Crippen LogP contribution is -2.42. The van der Waals surface area contributed by atoms with Crippen LogP contribution in [0.4, 0.5) is 0 Å². The van der Waals surface area contributed by atoms with E-state index in [4.69, 9.17) is 4.74 Å². The first-order valence-corrected chi connectivity index (χ1v) is 19.2. The van der Waals surface area contributed by atoms with E-state index in [0.717, 1.165) is 25.2 Å². The molecule has 5 nitrogen and oxygen atoms in total. The van der Waals surface area contributed by atoms with Gasteiger partial charge in [0.05, 0.1) is 33.4 Å². The van der Waals surface area contributed by atoms with Crippen LogP contribution in [0.3, 0.4) is 0 Å². The second-order valence-electron chi connectivity index (χ2n) is 13.4. The second kappa shape index (κ2) is 15.3. The smallest absolute Gasteiger partial charge is 0.166 e. The Labute approximate surface area is 274 Å². The maximum atomic E-state index is 11.8. The summed E-state index contributed by atoms with van der Waals surface area (Å²) in [6.07, 6.45) is 9.62. The molecule has 2 fully saturated rings. The number of unbranched alkanes of at least 4 members (excludes halogenated alkanes) is 5. The molecule has 0 spiro atoms. The minimum atomic E-state index is -4.33. The van der Waals surface area contributed by atoms with E-state index in [1.165, 1.54) is 57.9 Å². The van der Waals surface area contributed by atoms with Gasteiger partial charge in [-0.1, -0.05) is 88.3 Å². The molecule has 2 aliphatic carbocycles. The summed E-state index contributed by atoms with van der Waals surface area (Å²) in [6.45, 7) is 11.2. The Kier molecular flexibility index (Phi) is 12.0. The van der Waals surface area contributed by atoms with E-state index in [0.29, 0.717) is 12.8 Å². The van der Waals surface area contributed by atoms with Crippen LogP contribution in [0.15, 0.2) is 87.5 Å². The second-order valence-corrected chi connectivity index (χ2v) is 16.8. The van der Waals surface area contributed by atoms with Crippen molar-refractivity contribution < 1.29 is 22.5 Å². The largest absolute Gasteiger partial charge is 0.748 e. The SMILES string of the molecule is CC1(C)C2CCC1(CS(=O)(=O)[O-])C(=O)C2.CCCCCCCCOc1ccc([S+](c2ccc(C)cc2)c2ccc(C)cc2)cc1. The van der Waals surface area contributed by atoms with Crippen molar-refractivity contribution in [2.45, 2.75) is 107 Å². The van der Waals surface area contributed by atoms with Gasteiger partial charge in [0.1, 0.15) is 11.5 Å². The fourth-order valence-corrected chi connectivity index (χ4v) is 10.2. The summed E-state index contributed by atoms with van der Waals surface area (Å²) in [5.74, 6) is 0.695. The standard InChI is InChI=1S/C28H35OS.C10H16O4S/c1-4-5-6-7-8-9-22-29-25-14-20-28(21-15-25)30(26-16-10-23(2)11-17-26)27-18-12-24(3)13-19-27;1-9(2)7-3-4-10(9,8(11)5-7)6-15(12,13)14/h10-21H,4-9,22H2,1-3H3;7H,3-6H2,1-2H3,(H,12,13,14)/q+1;/p-1. The molecule has 2 unspecified atom stereocenters. The number of Topliss-reactive ketones (excluding diaryl/α,β-unsaturated/α-hetero) is 1. The van der Waals surface area contributed by atoms with E-state index >= 15 is 0 Å². The molecular weight excluding hydrogens is 601 g/mol. The molecule has 0 N–H and O–H groups in total. The zero-order chi connectivity index (χ0) is 32.7. The van der Waals surface area contributed by atoms with Crippen LogP contribution in [0.1, 0.15) is 89.7 Å². The molecule has 0 amide bonds. The Morgan fingerprint density at radius 1 is 0.800 bits per heavy atom. The van der Waals surface area contributed by atoms with Gasteiger partial charge in [-0.05, 0) is 93.0 Å². The van der Waals surface area contributed by atoms with Gasteiger partial charge in [0.2, 0.25) is 0 Å². The van der Waals surface area contributed by atoms with Crippen LogP contribution in [0.2, 0.25) is 0 Å². The maximum Gasteiger partial charge on any atom is 0.166 e. The number of fused-ring (bicyclic) bond motifs is 2. The van der Waals surface area contributed by atoms with Gasteiger partial charge in [-0.25, -0.2) is 8.42 Å². The van der Waals surface area contributed by atoms with Crippen molar-refractivity contribution in [1.82, 2.24) is 0 Å². The van der Waals surface area contributed by atoms with Gasteiger partial charge in [0, 0.05) is 11.8 Å².